The maximum atomic E-state index is 13.9. The number of amides is 1. The predicted molar refractivity (Wildman–Crippen MR) is 140 cm³/mol. The van der Waals surface area contributed by atoms with Crippen molar-refractivity contribution in [3.63, 3.8) is 0 Å². The number of para-hydroxylation sites is 1. The summed E-state index contributed by atoms with van der Waals surface area (Å²) in [7, 11) is -3.39. The van der Waals surface area contributed by atoms with Gasteiger partial charge in [0.2, 0.25) is 10.0 Å². The van der Waals surface area contributed by atoms with Gasteiger partial charge in [-0.1, -0.05) is 36.1 Å². The molecule has 4 rings (SSSR count). The zero-order chi connectivity index (χ0) is 26.6. The second kappa shape index (κ2) is 10.7. The summed E-state index contributed by atoms with van der Waals surface area (Å²) < 4.78 is 26.4. The standard InChI is InChI=1S/C26H24N6O4S/c1-17-23(28-16-15-27-17)25(33)30-18(2)24-31-21-13-7-9-19(10-8-14-29-37(3,35)36)22(21)26(34)32(24)20-11-5-4-6-12-20/h4-7,9,11-13,15-16,18,29H,14H2,1-3H3,(H,30,33). The number of rotatable bonds is 6. The molecule has 2 aromatic heterocycles. The molecule has 0 radical (unpaired) electrons. The first kappa shape index (κ1) is 25.7. The van der Waals surface area contributed by atoms with E-state index in [-0.39, 0.29) is 23.2 Å². The molecule has 2 heterocycles. The topological polar surface area (TPSA) is 136 Å². The smallest absolute Gasteiger partial charge is 0.272 e. The SMILES string of the molecule is Cc1nccnc1C(=O)NC(C)c1nc2cccc(C#CCNS(C)(=O)=O)c2c(=O)n1-c1ccccc1. The molecule has 0 saturated carbocycles. The van der Waals surface area contributed by atoms with Crippen LogP contribution in [0.15, 0.2) is 65.7 Å². The summed E-state index contributed by atoms with van der Waals surface area (Å²) in [6, 6.07) is 13.4. The molecule has 0 aliphatic heterocycles. The van der Waals surface area contributed by atoms with Crippen molar-refractivity contribution in [2.75, 3.05) is 12.8 Å². The van der Waals surface area contributed by atoms with Gasteiger partial charge in [0.05, 0.1) is 41.1 Å². The summed E-state index contributed by atoms with van der Waals surface area (Å²) in [4.78, 5) is 39.8. The molecule has 10 nitrogen and oxygen atoms in total. The van der Waals surface area contributed by atoms with E-state index in [1.54, 1.807) is 56.3 Å². The van der Waals surface area contributed by atoms with Gasteiger partial charge in [-0.05, 0) is 38.1 Å². The van der Waals surface area contributed by atoms with Crippen molar-refractivity contribution in [3.8, 4) is 17.5 Å². The lowest BCUT2D eigenvalue weighted by molar-refractivity contribution is 0.0931. The van der Waals surface area contributed by atoms with Gasteiger partial charge in [-0.3, -0.25) is 19.1 Å². The van der Waals surface area contributed by atoms with Crippen LogP contribution < -0.4 is 15.6 Å². The molecular formula is C26H24N6O4S. The number of carbonyl (C=O) groups is 1. The fraction of sp³-hybridized carbons (Fsp3) is 0.192. The number of carbonyl (C=O) groups excluding carboxylic acids is 1. The fourth-order valence-electron chi connectivity index (χ4n) is 3.74. The van der Waals surface area contributed by atoms with E-state index in [0.29, 0.717) is 28.3 Å². The lowest BCUT2D eigenvalue weighted by Crippen LogP contribution is -2.34. The third-order valence-electron chi connectivity index (χ3n) is 5.41. The second-order valence-corrected chi connectivity index (χ2v) is 10.1. The zero-order valence-electron chi connectivity index (χ0n) is 20.4. The van der Waals surface area contributed by atoms with Crippen LogP contribution >= 0.6 is 0 Å². The number of sulfonamides is 1. The summed E-state index contributed by atoms with van der Waals surface area (Å²) in [6.07, 6.45) is 3.99. The third kappa shape index (κ3) is 5.88. The molecule has 11 heteroatoms. The Hall–Kier alpha value is -4.40. The van der Waals surface area contributed by atoms with E-state index in [2.05, 4.69) is 31.8 Å². The minimum absolute atomic E-state index is 0.0987. The van der Waals surface area contributed by atoms with Crippen LogP contribution in [0.4, 0.5) is 0 Å². The fourth-order valence-corrected chi connectivity index (χ4v) is 4.07. The van der Waals surface area contributed by atoms with Gasteiger partial charge >= 0.3 is 0 Å². The van der Waals surface area contributed by atoms with Gasteiger partial charge in [0.15, 0.2) is 0 Å². The Balaban J connectivity index is 1.83. The van der Waals surface area contributed by atoms with E-state index in [1.807, 2.05) is 6.07 Å². The maximum Gasteiger partial charge on any atom is 0.272 e. The van der Waals surface area contributed by atoms with Crippen LogP contribution in [0.2, 0.25) is 0 Å². The molecule has 0 bridgehead atoms. The molecule has 4 aromatic rings. The molecule has 188 valence electrons. The Bertz CT molecular complexity index is 1710. The highest BCUT2D eigenvalue weighted by Crippen LogP contribution is 2.20. The Morgan fingerprint density at radius 3 is 2.51 bits per heavy atom. The number of nitrogens with zero attached hydrogens (tertiary/aromatic N) is 4. The van der Waals surface area contributed by atoms with Crippen LogP contribution in [0.3, 0.4) is 0 Å². The number of aromatic nitrogens is 4. The van der Waals surface area contributed by atoms with Crippen molar-refractivity contribution in [2.45, 2.75) is 19.9 Å². The molecule has 2 N–H and O–H groups in total. The number of hydrogen-bond acceptors (Lipinski definition) is 7. The van der Waals surface area contributed by atoms with Crippen molar-refractivity contribution in [1.29, 1.82) is 0 Å². The van der Waals surface area contributed by atoms with Crippen LogP contribution in [0, 0.1) is 18.8 Å². The van der Waals surface area contributed by atoms with Gasteiger partial charge in [0.1, 0.15) is 11.5 Å². The molecule has 2 aromatic carbocycles. The summed E-state index contributed by atoms with van der Waals surface area (Å²) in [5.41, 5.74) is 1.66. The lowest BCUT2D eigenvalue weighted by atomic mass is 10.1. The number of fused-ring (bicyclic) bond motifs is 1. The van der Waals surface area contributed by atoms with Gasteiger partial charge in [0, 0.05) is 18.0 Å². The van der Waals surface area contributed by atoms with Crippen LogP contribution in [0.5, 0.6) is 0 Å². The normalized spacial score (nSPS) is 12.0. The summed E-state index contributed by atoms with van der Waals surface area (Å²) in [5, 5.41) is 3.15. The van der Waals surface area contributed by atoms with Gasteiger partial charge in [-0.25, -0.2) is 23.1 Å². The van der Waals surface area contributed by atoms with Gasteiger partial charge in [-0.2, -0.15) is 0 Å². The van der Waals surface area contributed by atoms with Crippen LogP contribution in [-0.4, -0.2) is 46.6 Å². The van der Waals surface area contributed by atoms with Gasteiger partial charge in [-0.15, -0.1) is 0 Å². The van der Waals surface area contributed by atoms with Crippen LogP contribution in [0.25, 0.3) is 16.6 Å². The average Bonchev–Trinajstić information content (AvgIpc) is 2.86. The highest BCUT2D eigenvalue weighted by molar-refractivity contribution is 7.88. The van der Waals surface area contributed by atoms with Crippen molar-refractivity contribution in [3.05, 3.63) is 94.1 Å². The Kier molecular flexibility index (Phi) is 7.42. The summed E-state index contributed by atoms with van der Waals surface area (Å²) >= 11 is 0. The summed E-state index contributed by atoms with van der Waals surface area (Å²) in [6.45, 7) is 3.32. The Labute approximate surface area is 213 Å². The molecule has 0 aliphatic carbocycles. The number of nitrogens with one attached hydrogen (secondary N) is 2. The van der Waals surface area contributed by atoms with E-state index in [1.165, 1.54) is 17.0 Å². The highest BCUT2D eigenvalue weighted by Gasteiger charge is 2.22. The highest BCUT2D eigenvalue weighted by atomic mass is 32.2. The number of benzene rings is 2. The van der Waals surface area contributed by atoms with Gasteiger partial charge < -0.3 is 5.32 Å². The third-order valence-corrected chi connectivity index (χ3v) is 6.08. The van der Waals surface area contributed by atoms with E-state index in [4.69, 9.17) is 4.98 Å². The monoisotopic (exact) mass is 516 g/mol. The quantitative estimate of drug-likeness (QED) is 0.374. The van der Waals surface area contributed by atoms with Crippen LogP contribution in [0.1, 0.15) is 40.5 Å². The predicted octanol–water partition coefficient (Wildman–Crippen LogP) is 1.88. The minimum Gasteiger partial charge on any atom is -0.341 e. The minimum atomic E-state index is -3.39. The largest absolute Gasteiger partial charge is 0.341 e. The first-order valence-corrected chi connectivity index (χ1v) is 13.2. The van der Waals surface area contributed by atoms with E-state index in [9.17, 15) is 18.0 Å². The first-order valence-electron chi connectivity index (χ1n) is 11.3. The number of hydrogen-bond donors (Lipinski definition) is 2. The number of aryl methyl sites for hydroxylation is 1. The molecule has 0 fully saturated rings. The van der Waals surface area contributed by atoms with Crippen molar-refractivity contribution >= 4 is 26.8 Å². The average molecular weight is 517 g/mol. The van der Waals surface area contributed by atoms with Crippen molar-refractivity contribution in [1.82, 2.24) is 29.6 Å². The summed E-state index contributed by atoms with van der Waals surface area (Å²) in [5.74, 6) is 5.49. The molecule has 37 heavy (non-hydrogen) atoms. The van der Waals surface area contributed by atoms with E-state index in [0.717, 1.165) is 6.26 Å². The maximum absolute atomic E-state index is 13.9. The molecule has 0 saturated heterocycles. The molecule has 1 unspecified atom stereocenters. The Morgan fingerprint density at radius 2 is 1.81 bits per heavy atom. The molecule has 0 spiro atoms. The van der Waals surface area contributed by atoms with Crippen LogP contribution in [-0.2, 0) is 10.0 Å². The lowest BCUT2D eigenvalue weighted by Gasteiger charge is -2.20. The Morgan fingerprint density at radius 1 is 1.08 bits per heavy atom. The van der Waals surface area contributed by atoms with Crippen molar-refractivity contribution in [2.24, 2.45) is 0 Å². The van der Waals surface area contributed by atoms with E-state index >= 15 is 0 Å². The van der Waals surface area contributed by atoms with E-state index < -0.39 is 22.0 Å². The molecule has 0 aliphatic rings. The van der Waals surface area contributed by atoms with Gasteiger partial charge in [0.25, 0.3) is 11.5 Å². The first-order chi connectivity index (χ1) is 17.7. The molecule has 1 amide bonds. The second-order valence-electron chi connectivity index (χ2n) is 8.23. The zero-order valence-corrected chi connectivity index (χ0v) is 21.2. The molecular weight excluding hydrogens is 492 g/mol. The van der Waals surface area contributed by atoms with Crippen molar-refractivity contribution < 1.29 is 13.2 Å². The molecule has 1 atom stereocenters.